The lowest BCUT2D eigenvalue weighted by Crippen LogP contribution is -2.18. The topological polar surface area (TPSA) is 42.6 Å². The van der Waals surface area contributed by atoms with Crippen molar-refractivity contribution in [3.05, 3.63) is 58.5 Å². The molecular weight excluding hydrogens is 252 g/mol. The van der Waals surface area contributed by atoms with Gasteiger partial charge >= 0.3 is 0 Å². The zero-order valence-corrected chi connectivity index (χ0v) is 11.9. The molecule has 1 aliphatic heterocycles. The predicted molar refractivity (Wildman–Crippen MR) is 76.6 cm³/mol. The first-order chi connectivity index (χ1) is 9.65. The highest BCUT2D eigenvalue weighted by atomic mass is 16.5. The zero-order valence-electron chi connectivity index (χ0n) is 11.9. The lowest BCUT2D eigenvalue weighted by Gasteiger charge is -2.27. The van der Waals surface area contributed by atoms with Gasteiger partial charge in [0.1, 0.15) is 11.5 Å². The van der Waals surface area contributed by atoms with Crippen LogP contribution in [-0.2, 0) is 11.2 Å². The van der Waals surface area contributed by atoms with Gasteiger partial charge in [-0.25, -0.2) is 0 Å². The molecule has 3 rings (SSSR count). The molecule has 106 valence electrons. The first-order valence-corrected chi connectivity index (χ1v) is 7.09. The lowest BCUT2D eigenvalue weighted by molar-refractivity contribution is 0.00349. The molecule has 3 heteroatoms. The number of rotatable bonds is 3. The molecule has 1 aromatic heterocycles. The van der Waals surface area contributed by atoms with E-state index in [0.29, 0.717) is 6.42 Å². The molecule has 2 unspecified atom stereocenters. The highest BCUT2D eigenvalue weighted by Crippen LogP contribution is 2.35. The maximum atomic E-state index is 10.5. The summed E-state index contributed by atoms with van der Waals surface area (Å²) in [7, 11) is 0. The average Bonchev–Trinajstić information content (AvgIpc) is 2.78. The fourth-order valence-electron chi connectivity index (χ4n) is 2.98. The van der Waals surface area contributed by atoms with Crippen molar-refractivity contribution < 1.29 is 14.3 Å². The summed E-state index contributed by atoms with van der Waals surface area (Å²) in [6.07, 6.45) is 0.928. The Balaban J connectivity index is 1.80. The summed E-state index contributed by atoms with van der Waals surface area (Å²) in [4.78, 5) is 0. The van der Waals surface area contributed by atoms with Crippen molar-refractivity contribution in [3.8, 4) is 0 Å². The van der Waals surface area contributed by atoms with Crippen LogP contribution in [0.1, 0.15) is 46.8 Å². The van der Waals surface area contributed by atoms with E-state index in [2.05, 4.69) is 18.2 Å². The first kappa shape index (κ1) is 13.4. The van der Waals surface area contributed by atoms with Crippen molar-refractivity contribution in [2.24, 2.45) is 0 Å². The Kier molecular flexibility index (Phi) is 3.64. The Morgan fingerprint density at radius 2 is 2.10 bits per heavy atom. The van der Waals surface area contributed by atoms with Crippen LogP contribution in [0.4, 0.5) is 0 Å². The van der Waals surface area contributed by atoms with Crippen LogP contribution >= 0.6 is 0 Å². The fraction of sp³-hybridized carbons (Fsp3) is 0.412. The van der Waals surface area contributed by atoms with Crippen molar-refractivity contribution in [1.82, 2.24) is 0 Å². The Morgan fingerprint density at radius 3 is 2.85 bits per heavy atom. The maximum absolute atomic E-state index is 10.5. The molecule has 2 atom stereocenters. The third-order valence-corrected chi connectivity index (χ3v) is 3.97. The van der Waals surface area contributed by atoms with Crippen molar-refractivity contribution in [2.45, 2.75) is 38.9 Å². The van der Waals surface area contributed by atoms with E-state index in [0.717, 1.165) is 30.1 Å². The van der Waals surface area contributed by atoms with Crippen LogP contribution in [-0.4, -0.2) is 11.7 Å². The molecule has 2 aromatic rings. The minimum absolute atomic E-state index is 0.0374. The molecule has 3 nitrogen and oxygen atoms in total. The van der Waals surface area contributed by atoms with Gasteiger partial charge in [0.05, 0.1) is 18.8 Å². The second-order valence-electron chi connectivity index (χ2n) is 5.43. The second-order valence-corrected chi connectivity index (χ2v) is 5.43. The predicted octanol–water partition coefficient (Wildman–Crippen LogP) is 3.63. The van der Waals surface area contributed by atoms with Crippen molar-refractivity contribution in [2.75, 3.05) is 6.61 Å². The monoisotopic (exact) mass is 272 g/mol. The van der Waals surface area contributed by atoms with Crippen LogP contribution in [0.5, 0.6) is 0 Å². The molecule has 1 aliphatic rings. The number of ether oxygens (including phenoxy) is 1. The highest BCUT2D eigenvalue weighted by molar-refractivity contribution is 5.31. The average molecular weight is 272 g/mol. The van der Waals surface area contributed by atoms with Crippen molar-refractivity contribution in [3.63, 3.8) is 0 Å². The molecule has 2 heterocycles. The summed E-state index contributed by atoms with van der Waals surface area (Å²) in [6, 6.07) is 10.2. The van der Waals surface area contributed by atoms with E-state index in [-0.39, 0.29) is 6.10 Å². The van der Waals surface area contributed by atoms with Crippen LogP contribution in [0.25, 0.3) is 0 Å². The summed E-state index contributed by atoms with van der Waals surface area (Å²) >= 11 is 0. The molecule has 0 fully saturated rings. The van der Waals surface area contributed by atoms with E-state index in [4.69, 9.17) is 9.15 Å². The molecular formula is C17H20O3. The molecule has 0 saturated carbocycles. The van der Waals surface area contributed by atoms with Crippen LogP contribution in [0, 0.1) is 13.8 Å². The molecule has 0 radical (unpaired) electrons. The van der Waals surface area contributed by atoms with Gasteiger partial charge < -0.3 is 14.3 Å². The number of furan rings is 1. The first-order valence-electron chi connectivity index (χ1n) is 7.09. The molecule has 0 spiro atoms. The Morgan fingerprint density at radius 1 is 1.30 bits per heavy atom. The van der Waals surface area contributed by atoms with Crippen molar-refractivity contribution in [1.29, 1.82) is 0 Å². The number of hydrogen-bond acceptors (Lipinski definition) is 3. The van der Waals surface area contributed by atoms with Gasteiger partial charge in [-0.15, -0.1) is 0 Å². The van der Waals surface area contributed by atoms with Gasteiger partial charge in [0.2, 0.25) is 0 Å². The summed E-state index contributed by atoms with van der Waals surface area (Å²) in [6.45, 7) is 4.51. The van der Waals surface area contributed by atoms with E-state index in [1.165, 1.54) is 11.1 Å². The number of hydrogen-bond donors (Lipinski definition) is 1. The van der Waals surface area contributed by atoms with E-state index in [9.17, 15) is 5.11 Å². The number of aryl methyl sites for hydroxylation is 2. The Bertz CT molecular complexity index is 600. The van der Waals surface area contributed by atoms with Crippen LogP contribution in [0.15, 0.2) is 34.7 Å². The molecule has 1 N–H and O–H groups in total. The van der Waals surface area contributed by atoms with Gasteiger partial charge in [0.25, 0.3) is 0 Å². The van der Waals surface area contributed by atoms with E-state index in [1.807, 2.05) is 26.0 Å². The molecule has 20 heavy (non-hydrogen) atoms. The molecule has 0 aliphatic carbocycles. The molecule has 0 bridgehead atoms. The van der Waals surface area contributed by atoms with E-state index >= 15 is 0 Å². The lowest BCUT2D eigenvalue weighted by atomic mass is 9.92. The van der Waals surface area contributed by atoms with Gasteiger partial charge in [0, 0.05) is 12.0 Å². The SMILES string of the molecule is Cc1cc(C(O)CC2OCCc3ccccc32)c(C)o1. The number of aliphatic hydroxyl groups is 1. The fourth-order valence-corrected chi connectivity index (χ4v) is 2.98. The minimum atomic E-state index is -0.552. The molecule has 0 saturated heterocycles. The maximum Gasteiger partial charge on any atom is 0.106 e. The van der Waals surface area contributed by atoms with Gasteiger partial charge in [-0.05, 0) is 37.5 Å². The van der Waals surface area contributed by atoms with Crippen LogP contribution in [0.3, 0.4) is 0 Å². The largest absolute Gasteiger partial charge is 0.466 e. The molecule has 1 aromatic carbocycles. The van der Waals surface area contributed by atoms with Crippen LogP contribution < -0.4 is 0 Å². The second kappa shape index (κ2) is 5.43. The van der Waals surface area contributed by atoms with Crippen molar-refractivity contribution >= 4 is 0 Å². The van der Waals surface area contributed by atoms with E-state index < -0.39 is 6.10 Å². The number of fused-ring (bicyclic) bond motifs is 1. The summed E-state index contributed by atoms with van der Waals surface area (Å²) in [5, 5.41) is 10.5. The molecule has 0 amide bonds. The minimum Gasteiger partial charge on any atom is -0.466 e. The summed E-state index contributed by atoms with van der Waals surface area (Å²) in [5.41, 5.74) is 3.40. The summed E-state index contributed by atoms with van der Waals surface area (Å²) < 4.78 is 11.3. The number of benzene rings is 1. The zero-order chi connectivity index (χ0) is 14.1. The smallest absolute Gasteiger partial charge is 0.106 e. The Hall–Kier alpha value is -1.58. The van der Waals surface area contributed by atoms with E-state index in [1.54, 1.807) is 0 Å². The van der Waals surface area contributed by atoms with Gasteiger partial charge in [-0.2, -0.15) is 0 Å². The van der Waals surface area contributed by atoms with Gasteiger partial charge in [-0.3, -0.25) is 0 Å². The van der Waals surface area contributed by atoms with Gasteiger partial charge in [-0.1, -0.05) is 24.3 Å². The normalized spacial score (nSPS) is 19.6. The van der Waals surface area contributed by atoms with Gasteiger partial charge in [0.15, 0.2) is 0 Å². The van der Waals surface area contributed by atoms with Crippen LogP contribution in [0.2, 0.25) is 0 Å². The Labute approximate surface area is 119 Å². The third-order valence-electron chi connectivity index (χ3n) is 3.97. The number of aliphatic hydroxyl groups excluding tert-OH is 1. The third kappa shape index (κ3) is 2.51. The summed E-state index contributed by atoms with van der Waals surface area (Å²) in [5.74, 6) is 1.63. The quantitative estimate of drug-likeness (QED) is 0.927. The standard InChI is InChI=1S/C17H20O3/c1-11-9-15(12(2)20-11)16(18)10-17-14-6-4-3-5-13(14)7-8-19-17/h3-6,9,16-18H,7-8,10H2,1-2H3. The highest BCUT2D eigenvalue weighted by Gasteiger charge is 2.25.